The quantitative estimate of drug-likeness (QED) is 0.792. The molecular weight excluding hydrogens is 208 g/mol. The molecule has 1 aromatic rings. The van der Waals surface area contributed by atoms with Crippen molar-refractivity contribution in [1.82, 2.24) is 5.32 Å². The minimum atomic E-state index is 0.816. The van der Waals surface area contributed by atoms with E-state index in [0.717, 1.165) is 31.2 Å². The summed E-state index contributed by atoms with van der Waals surface area (Å²) >= 11 is 5.92. The average Bonchev–Trinajstić information content (AvgIpc) is 2.33. The molecule has 1 heterocycles. The predicted octanol–water partition coefficient (Wildman–Crippen LogP) is 2.78. The van der Waals surface area contributed by atoms with E-state index in [1.54, 1.807) is 0 Å². The SMILES string of the molecule is CC.Clc1cccc(N2CCNCC2)c1. The molecule has 1 aliphatic rings. The van der Waals surface area contributed by atoms with E-state index in [0.29, 0.717) is 0 Å². The predicted molar refractivity (Wildman–Crippen MR) is 67.9 cm³/mol. The highest BCUT2D eigenvalue weighted by atomic mass is 35.5. The lowest BCUT2D eigenvalue weighted by atomic mass is 10.2. The lowest BCUT2D eigenvalue weighted by Gasteiger charge is -2.29. The fraction of sp³-hybridized carbons (Fsp3) is 0.500. The molecule has 0 saturated carbocycles. The number of benzene rings is 1. The zero-order chi connectivity index (χ0) is 11.1. The van der Waals surface area contributed by atoms with Gasteiger partial charge in [-0.05, 0) is 18.2 Å². The van der Waals surface area contributed by atoms with Crippen LogP contribution in [-0.2, 0) is 0 Å². The molecule has 15 heavy (non-hydrogen) atoms. The van der Waals surface area contributed by atoms with Crippen molar-refractivity contribution in [3.63, 3.8) is 0 Å². The maximum atomic E-state index is 5.92. The molecule has 84 valence electrons. The Labute approximate surface area is 97.2 Å². The van der Waals surface area contributed by atoms with E-state index in [1.165, 1.54) is 5.69 Å². The lowest BCUT2D eigenvalue weighted by molar-refractivity contribution is 0.589. The summed E-state index contributed by atoms with van der Waals surface area (Å²) in [4.78, 5) is 2.35. The summed E-state index contributed by atoms with van der Waals surface area (Å²) in [7, 11) is 0. The van der Waals surface area contributed by atoms with Crippen LogP contribution in [0.25, 0.3) is 0 Å². The van der Waals surface area contributed by atoms with Crippen molar-refractivity contribution in [1.29, 1.82) is 0 Å². The van der Waals surface area contributed by atoms with Crippen LogP contribution < -0.4 is 10.2 Å². The van der Waals surface area contributed by atoms with Crippen molar-refractivity contribution in [2.24, 2.45) is 0 Å². The van der Waals surface area contributed by atoms with Crippen LogP contribution in [-0.4, -0.2) is 26.2 Å². The molecule has 0 aromatic heterocycles. The number of halogens is 1. The number of hydrogen-bond donors (Lipinski definition) is 1. The molecule has 1 aromatic carbocycles. The number of anilines is 1. The van der Waals surface area contributed by atoms with E-state index in [2.05, 4.69) is 16.3 Å². The van der Waals surface area contributed by atoms with Crippen LogP contribution in [0.4, 0.5) is 5.69 Å². The topological polar surface area (TPSA) is 15.3 Å². The lowest BCUT2D eigenvalue weighted by Crippen LogP contribution is -2.43. The van der Waals surface area contributed by atoms with E-state index in [-0.39, 0.29) is 0 Å². The summed E-state index contributed by atoms with van der Waals surface area (Å²) in [5.41, 5.74) is 1.23. The molecule has 0 bridgehead atoms. The Kier molecular flexibility index (Phi) is 5.51. The fourth-order valence-electron chi connectivity index (χ4n) is 1.60. The van der Waals surface area contributed by atoms with Gasteiger partial charge in [-0.15, -0.1) is 0 Å². The first-order chi connectivity index (χ1) is 7.36. The standard InChI is InChI=1S/C10H13ClN2.C2H6/c11-9-2-1-3-10(8-9)13-6-4-12-5-7-13;1-2/h1-3,8,12H,4-7H2;1-2H3. The van der Waals surface area contributed by atoms with E-state index in [9.17, 15) is 0 Å². The molecular formula is C12H19ClN2. The summed E-state index contributed by atoms with van der Waals surface area (Å²) in [5, 5.41) is 4.14. The number of hydrogen-bond acceptors (Lipinski definition) is 2. The molecule has 0 atom stereocenters. The van der Waals surface area contributed by atoms with Crippen LogP contribution in [0.15, 0.2) is 24.3 Å². The van der Waals surface area contributed by atoms with Crippen LogP contribution >= 0.6 is 11.6 Å². The van der Waals surface area contributed by atoms with Gasteiger partial charge in [0, 0.05) is 36.9 Å². The number of rotatable bonds is 1. The van der Waals surface area contributed by atoms with Crippen molar-refractivity contribution in [2.45, 2.75) is 13.8 Å². The minimum Gasteiger partial charge on any atom is -0.369 e. The molecule has 1 saturated heterocycles. The van der Waals surface area contributed by atoms with E-state index in [1.807, 2.05) is 32.0 Å². The summed E-state index contributed by atoms with van der Waals surface area (Å²) in [6.07, 6.45) is 0. The van der Waals surface area contributed by atoms with Crippen LogP contribution in [0, 0.1) is 0 Å². The molecule has 0 aliphatic carbocycles. The minimum absolute atomic E-state index is 0.816. The van der Waals surface area contributed by atoms with Gasteiger partial charge >= 0.3 is 0 Å². The summed E-state index contributed by atoms with van der Waals surface area (Å²) in [6, 6.07) is 8.04. The van der Waals surface area contributed by atoms with Gasteiger partial charge in [-0.25, -0.2) is 0 Å². The van der Waals surface area contributed by atoms with E-state index >= 15 is 0 Å². The van der Waals surface area contributed by atoms with E-state index < -0.39 is 0 Å². The van der Waals surface area contributed by atoms with Gasteiger partial charge in [0.05, 0.1) is 0 Å². The number of piperazine rings is 1. The molecule has 1 aliphatic heterocycles. The van der Waals surface area contributed by atoms with Crippen molar-refractivity contribution in [2.75, 3.05) is 31.1 Å². The van der Waals surface area contributed by atoms with Gasteiger partial charge in [0.1, 0.15) is 0 Å². The van der Waals surface area contributed by atoms with Crippen molar-refractivity contribution >= 4 is 17.3 Å². The van der Waals surface area contributed by atoms with Gasteiger partial charge in [-0.3, -0.25) is 0 Å². The Morgan fingerprint density at radius 3 is 2.47 bits per heavy atom. The van der Waals surface area contributed by atoms with Gasteiger partial charge in [-0.2, -0.15) is 0 Å². The van der Waals surface area contributed by atoms with Crippen LogP contribution in [0.3, 0.4) is 0 Å². The monoisotopic (exact) mass is 226 g/mol. The highest BCUT2D eigenvalue weighted by Gasteiger charge is 2.09. The van der Waals surface area contributed by atoms with Crippen molar-refractivity contribution in [3.05, 3.63) is 29.3 Å². The van der Waals surface area contributed by atoms with Crippen LogP contribution in [0.1, 0.15) is 13.8 Å². The van der Waals surface area contributed by atoms with Gasteiger partial charge < -0.3 is 10.2 Å². The molecule has 0 amide bonds. The zero-order valence-corrected chi connectivity index (χ0v) is 10.2. The second kappa shape index (κ2) is 6.70. The molecule has 3 heteroatoms. The van der Waals surface area contributed by atoms with E-state index in [4.69, 9.17) is 11.6 Å². The van der Waals surface area contributed by atoms with Crippen molar-refractivity contribution in [3.8, 4) is 0 Å². The Morgan fingerprint density at radius 1 is 1.20 bits per heavy atom. The first kappa shape index (κ1) is 12.3. The van der Waals surface area contributed by atoms with Crippen LogP contribution in [0.2, 0.25) is 5.02 Å². The highest BCUT2D eigenvalue weighted by molar-refractivity contribution is 6.30. The molecule has 1 fully saturated rings. The van der Waals surface area contributed by atoms with Crippen LogP contribution in [0.5, 0.6) is 0 Å². The van der Waals surface area contributed by atoms with Gasteiger partial charge in [0.15, 0.2) is 0 Å². The normalized spacial score (nSPS) is 15.5. The molecule has 0 unspecified atom stereocenters. The smallest absolute Gasteiger partial charge is 0.0426 e. The zero-order valence-electron chi connectivity index (χ0n) is 9.46. The first-order valence-electron chi connectivity index (χ1n) is 5.57. The first-order valence-corrected chi connectivity index (χ1v) is 5.95. The largest absolute Gasteiger partial charge is 0.369 e. The summed E-state index contributed by atoms with van der Waals surface area (Å²) in [6.45, 7) is 8.26. The molecule has 1 N–H and O–H groups in total. The van der Waals surface area contributed by atoms with Gasteiger partial charge in [0.2, 0.25) is 0 Å². The summed E-state index contributed by atoms with van der Waals surface area (Å²) < 4.78 is 0. The maximum absolute atomic E-state index is 5.92. The van der Waals surface area contributed by atoms with Crippen molar-refractivity contribution < 1.29 is 0 Å². The molecule has 0 spiro atoms. The summed E-state index contributed by atoms with van der Waals surface area (Å²) in [5.74, 6) is 0. The third-order valence-electron chi connectivity index (χ3n) is 2.29. The maximum Gasteiger partial charge on any atom is 0.0426 e. The fourth-order valence-corrected chi connectivity index (χ4v) is 1.78. The number of nitrogens with zero attached hydrogens (tertiary/aromatic N) is 1. The Balaban J connectivity index is 0.000000531. The average molecular weight is 227 g/mol. The van der Waals surface area contributed by atoms with Gasteiger partial charge in [0.25, 0.3) is 0 Å². The molecule has 2 nitrogen and oxygen atoms in total. The second-order valence-corrected chi connectivity index (χ2v) is 3.65. The molecule has 0 radical (unpaired) electrons. The third kappa shape index (κ3) is 3.73. The highest BCUT2D eigenvalue weighted by Crippen LogP contribution is 2.19. The second-order valence-electron chi connectivity index (χ2n) is 3.22. The molecule has 2 rings (SSSR count). The Morgan fingerprint density at radius 2 is 1.87 bits per heavy atom. The third-order valence-corrected chi connectivity index (χ3v) is 2.53. The Hall–Kier alpha value is -0.730. The van der Waals surface area contributed by atoms with Gasteiger partial charge in [-0.1, -0.05) is 31.5 Å². The number of nitrogens with one attached hydrogen (secondary N) is 1. The Bertz CT molecular complexity index is 283.